The Morgan fingerprint density at radius 1 is 1.23 bits per heavy atom. The van der Waals surface area contributed by atoms with Crippen LogP contribution in [0.25, 0.3) is 0 Å². The summed E-state index contributed by atoms with van der Waals surface area (Å²) in [5.41, 5.74) is 0.900. The van der Waals surface area contributed by atoms with Crippen molar-refractivity contribution >= 4 is 39.3 Å². The Labute approximate surface area is 135 Å². The molecule has 1 N–H and O–H groups in total. The Bertz CT molecular complexity index is 671. The molecule has 0 atom stereocenters. The second-order valence-corrected chi connectivity index (χ2v) is 5.99. The minimum Gasteiger partial charge on any atom is -0.419 e. The summed E-state index contributed by atoms with van der Waals surface area (Å²) in [6, 6.07) is 4.95. The molecular weight excluding hydrogens is 354 g/mol. The lowest BCUT2D eigenvalue weighted by molar-refractivity contribution is -0.222. The van der Waals surface area contributed by atoms with Gasteiger partial charge in [0, 0.05) is 35.8 Å². The van der Waals surface area contributed by atoms with Gasteiger partial charge in [-0.2, -0.15) is 0 Å². The summed E-state index contributed by atoms with van der Waals surface area (Å²) in [6.45, 7) is 4.42. The standard InChI is InChI=1S/C15H14BrNO5/c1-8(18)10-5-4-9(6-12(10)16)17-7-11-13(19)21-15(2,3)22-14(11)20/h4-7,17H,1-3H3. The van der Waals surface area contributed by atoms with Crippen LogP contribution in [0.3, 0.4) is 0 Å². The first kappa shape index (κ1) is 16.2. The quantitative estimate of drug-likeness (QED) is 0.382. The van der Waals surface area contributed by atoms with E-state index >= 15 is 0 Å². The van der Waals surface area contributed by atoms with Crippen LogP contribution in [-0.2, 0) is 19.1 Å². The van der Waals surface area contributed by atoms with Gasteiger partial charge in [-0.05, 0) is 41.1 Å². The molecule has 0 unspecified atom stereocenters. The number of anilines is 1. The summed E-state index contributed by atoms with van der Waals surface area (Å²) in [5, 5.41) is 2.80. The molecule has 1 saturated heterocycles. The molecule has 6 nitrogen and oxygen atoms in total. The van der Waals surface area contributed by atoms with Crippen LogP contribution in [0.5, 0.6) is 0 Å². The summed E-state index contributed by atoms with van der Waals surface area (Å²) in [7, 11) is 0. The third kappa shape index (κ3) is 3.54. The van der Waals surface area contributed by atoms with Gasteiger partial charge < -0.3 is 14.8 Å². The number of halogens is 1. The van der Waals surface area contributed by atoms with Crippen LogP contribution in [-0.4, -0.2) is 23.5 Å². The Hall–Kier alpha value is -2.15. The lowest BCUT2D eigenvalue weighted by Crippen LogP contribution is -2.42. The SMILES string of the molecule is CC(=O)c1ccc(NC=C2C(=O)OC(C)(C)OC2=O)cc1Br. The topological polar surface area (TPSA) is 81.7 Å². The highest BCUT2D eigenvalue weighted by molar-refractivity contribution is 9.10. The van der Waals surface area contributed by atoms with Gasteiger partial charge in [0.1, 0.15) is 0 Å². The first-order valence-corrected chi connectivity index (χ1v) is 7.23. The molecule has 116 valence electrons. The molecule has 1 fully saturated rings. The van der Waals surface area contributed by atoms with E-state index in [1.54, 1.807) is 18.2 Å². The van der Waals surface area contributed by atoms with E-state index in [9.17, 15) is 14.4 Å². The van der Waals surface area contributed by atoms with Crippen molar-refractivity contribution in [2.45, 2.75) is 26.6 Å². The van der Waals surface area contributed by atoms with E-state index in [0.29, 0.717) is 15.7 Å². The number of carbonyl (C=O) groups is 3. The number of rotatable bonds is 3. The summed E-state index contributed by atoms with van der Waals surface area (Å²) in [5.74, 6) is -2.85. The van der Waals surface area contributed by atoms with E-state index in [0.717, 1.165) is 0 Å². The zero-order valence-electron chi connectivity index (χ0n) is 12.2. The molecule has 1 aliphatic rings. The molecule has 1 aromatic rings. The molecule has 2 rings (SSSR count). The molecule has 1 aliphatic heterocycles. The Morgan fingerprint density at radius 3 is 2.32 bits per heavy atom. The third-order valence-electron chi connectivity index (χ3n) is 2.85. The van der Waals surface area contributed by atoms with Gasteiger partial charge in [0.2, 0.25) is 0 Å². The Morgan fingerprint density at radius 2 is 1.82 bits per heavy atom. The van der Waals surface area contributed by atoms with E-state index in [1.165, 1.54) is 27.0 Å². The average Bonchev–Trinajstić information content (AvgIpc) is 2.35. The second kappa shape index (κ2) is 5.92. The Balaban J connectivity index is 2.18. The van der Waals surface area contributed by atoms with Crippen molar-refractivity contribution in [3.63, 3.8) is 0 Å². The van der Waals surface area contributed by atoms with Crippen molar-refractivity contribution in [3.8, 4) is 0 Å². The molecule has 0 aliphatic carbocycles. The number of ketones is 1. The molecule has 0 saturated carbocycles. The fraction of sp³-hybridized carbons (Fsp3) is 0.267. The van der Waals surface area contributed by atoms with E-state index in [4.69, 9.17) is 9.47 Å². The number of nitrogens with one attached hydrogen (secondary N) is 1. The first-order chi connectivity index (χ1) is 10.2. The molecule has 0 spiro atoms. The molecular formula is C15H14BrNO5. The maximum absolute atomic E-state index is 11.8. The van der Waals surface area contributed by atoms with Gasteiger partial charge in [0.05, 0.1) is 0 Å². The fourth-order valence-corrected chi connectivity index (χ4v) is 2.48. The van der Waals surface area contributed by atoms with Crippen molar-refractivity contribution in [2.75, 3.05) is 5.32 Å². The van der Waals surface area contributed by atoms with Crippen LogP contribution in [0.4, 0.5) is 5.69 Å². The van der Waals surface area contributed by atoms with Gasteiger partial charge in [-0.25, -0.2) is 9.59 Å². The molecule has 22 heavy (non-hydrogen) atoms. The highest BCUT2D eigenvalue weighted by Gasteiger charge is 2.38. The fourth-order valence-electron chi connectivity index (χ4n) is 1.82. The summed E-state index contributed by atoms with van der Waals surface area (Å²) in [4.78, 5) is 34.9. The molecule has 0 amide bonds. The van der Waals surface area contributed by atoms with Crippen LogP contribution < -0.4 is 5.32 Å². The van der Waals surface area contributed by atoms with Crippen molar-refractivity contribution in [3.05, 3.63) is 40.0 Å². The summed E-state index contributed by atoms with van der Waals surface area (Å²) < 4.78 is 10.6. The minimum absolute atomic E-state index is 0.0709. The molecule has 0 bridgehead atoms. The highest BCUT2D eigenvalue weighted by Crippen LogP contribution is 2.24. The van der Waals surface area contributed by atoms with E-state index in [2.05, 4.69) is 21.2 Å². The van der Waals surface area contributed by atoms with Crippen LogP contribution in [0.15, 0.2) is 34.4 Å². The van der Waals surface area contributed by atoms with Crippen LogP contribution in [0, 0.1) is 0 Å². The number of esters is 2. The maximum Gasteiger partial charge on any atom is 0.350 e. The molecule has 1 aromatic carbocycles. The van der Waals surface area contributed by atoms with Gasteiger partial charge in [-0.1, -0.05) is 0 Å². The van der Waals surface area contributed by atoms with Crippen LogP contribution in [0.1, 0.15) is 31.1 Å². The molecule has 7 heteroatoms. The van der Waals surface area contributed by atoms with Gasteiger partial charge in [0.25, 0.3) is 5.79 Å². The zero-order valence-corrected chi connectivity index (χ0v) is 13.8. The normalized spacial score (nSPS) is 16.6. The third-order valence-corrected chi connectivity index (χ3v) is 3.50. The summed E-state index contributed by atoms with van der Waals surface area (Å²) >= 11 is 3.29. The van der Waals surface area contributed by atoms with Gasteiger partial charge in [0.15, 0.2) is 11.4 Å². The largest absolute Gasteiger partial charge is 0.419 e. The predicted molar refractivity (Wildman–Crippen MR) is 82.1 cm³/mol. The number of hydrogen-bond donors (Lipinski definition) is 1. The van der Waals surface area contributed by atoms with Crippen LogP contribution in [0.2, 0.25) is 0 Å². The highest BCUT2D eigenvalue weighted by atomic mass is 79.9. The number of hydrogen-bond acceptors (Lipinski definition) is 6. The predicted octanol–water partition coefficient (Wildman–Crippen LogP) is 2.78. The average molecular weight is 368 g/mol. The van der Waals surface area contributed by atoms with Crippen molar-refractivity contribution in [2.24, 2.45) is 0 Å². The van der Waals surface area contributed by atoms with Crippen molar-refractivity contribution < 1.29 is 23.9 Å². The van der Waals surface area contributed by atoms with E-state index in [1.807, 2.05) is 0 Å². The lowest BCUT2D eigenvalue weighted by atomic mass is 10.1. The molecule has 0 aromatic heterocycles. The van der Waals surface area contributed by atoms with Gasteiger partial charge in [-0.3, -0.25) is 4.79 Å². The van der Waals surface area contributed by atoms with Gasteiger partial charge >= 0.3 is 11.9 Å². The maximum atomic E-state index is 11.8. The van der Waals surface area contributed by atoms with E-state index < -0.39 is 17.7 Å². The number of ether oxygens (including phenoxy) is 2. The minimum atomic E-state index is -1.27. The second-order valence-electron chi connectivity index (χ2n) is 5.13. The monoisotopic (exact) mass is 367 g/mol. The summed E-state index contributed by atoms with van der Waals surface area (Å²) in [6.07, 6.45) is 1.22. The smallest absolute Gasteiger partial charge is 0.350 e. The lowest BCUT2D eigenvalue weighted by Gasteiger charge is -2.29. The van der Waals surface area contributed by atoms with Gasteiger partial charge in [-0.15, -0.1) is 0 Å². The number of cyclic esters (lactones) is 2. The van der Waals surface area contributed by atoms with Crippen LogP contribution >= 0.6 is 15.9 Å². The first-order valence-electron chi connectivity index (χ1n) is 6.43. The van der Waals surface area contributed by atoms with Crippen molar-refractivity contribution in [1.82, 2.24) is 0 Å². The molecule has 0 radical (unpaired) electrons. The molecule has 1 heterocycles. The van der Waals surface area contributed by atoms with Crippen molar-refractivity contribution in [1.29, 1.82) is 0 Å². The van der Waals surface area contributed by atoms with E-state index in [-0.39, 0.29) is 11.4 Å². The Kier molecular flexibility index (Phi) is 4.37. The number of carbonyl (C=O) groups excluding carboxylic acids is 3. The number of Topliss-reactive ketones (excluding diaryl/α,β-unsaturated/α-hetero) is 1. The zero-order chi connectivity index (χ0) is 16.5. The number of benzene rings is 1.